The summed E-state index contributed by atoms with van der Waals surface area (Å²) in [4.78, 5) is 28.4. The van der Waals surface area contributed by atoms with Gasteiger partial charge in [0, 0.05) is 44.3 Å². The summed E-state index contributed by atoms with van der Waals surface area (Å²) in [6.07, 6.45) is -3.77. The third kappa shape index (κ3) is 4.50. The van der Waals surface area contributed by atoms with Crippen molar-refractivity contribution in [3.8, 4) is 11.4 Å². The summed E-state index contributed by atoms with van der Waals surface area (Å²) in [6.45, 7) is 0.0825. The SMILES string of the molecule is O=C(NCc1ccc(-c2cn3c(n2)CC(C(F)(F)F)CC3)nc1)c1c(C(F)(F)F)nc2ncccn12. The lowest BCUT2D eigenvalue weighted by molar-refractivity contribution is -0.179. The molecule has 0 fully saturated rings. The molecular formula is C22H17F6N7O. The van der Waals surface area contributed by atoms with E-state index in [1.165, 1.54) is 24.7 Å². The average molecular weight is 509 g/mol. The van der Waals surface area contributed by atoms with Gasteiger partial charge in [-0.05, 0) is 24.1 Å². The van der Waals surface area contributed by atoms with Gasteiger partial charge in [-0.2, -0.15) is 26.3 Å². The summed E-state index contributed by atoms with van der Waals surface area (Å²) in [6, 6.07) is 4.56. The second kappa shape index (κ2) is 8.60. The van der Waals surface area contributed by atoms with Gasteiger partial charge >= 0.3 is 12.4 Å². The van der Waals surface area contributed by atoms with Crippen LogP contribution in [0.4, 0.5) is 26.3 Å². The molecule has 5 heterocycles. The molecule has 14 heteroatoms. The molecule has 0 bridgehead atoms. The van der Waals surface area contributed by atoms with Crippen molar-refractivity contribution in [1.82, 2.24) is 34.2 Å². The molecule has 0 saturated heterocycles. The Labute approximate surface area is 199 Å². The quantitative estimate of drug-likeness (QED) is 0.419. The highest BCUT2D eigenvalue weighted by atomic mass is 19.4. The summed E-state index contributed by atoms with van der Waals surface area (Å²) in [5.74, 6) is -2.35. The van der Waals surface area contributed by atoms with Crippen LogP contribution in [0.5, 0.6) is 0 Å². The van der Waals surface area contributed by atoms with Gasteiger partial charge in [0.15, 0.2) is 5.69 Å². The van der Waals surface area contributed by atoms with E-state index in [9.17, 15) is 31.1 Å². The molecule has 1 atom stereocenters. The molecule has 0 spiro atoms. The van der Waals surface area contributed by atoms with Crippen molar-refractivity contribution in [3.05, 3.63) is 65.8 Å². The molecule has 5 rings (SSSR count). The number of carbonyl (C=O) groups is 1. The van der Waals surface area contributed by atoms with Crippen LogP contribution >= 0.6 is 0 Å². The van der Waals surface area contributed by atoms with Gasteiger partial charge in [-0.1, -0.05) is 6.07 Å². The number of rotatable bonds is 4. The molecule has 1 unspecified atom stereocenters. The van der Waals surface area contributed by atoms with Gasteiger partial charge in [-0.15, -0.1) is 0 Å². The lowest BCUT2D eigenvalue weighted by atomic mass is 9.97. The fourth-order valence-electron chi connectivity index (χ4n) is 4.08. The van der Waals surface area contributed by atoms with Crippen molar-refractivity contribution in [1.29, 1.82) is 0 Å². The van der Waals surface area contributed by atoms with Crippen molar-refractivity contribution >= 4 is 11.7 Å². The molecule has 0 aromatic carbocycles. The average Bonchev–Trinajstić information content (AvgIpc) is 3.43. The van der Waals surface area contributed by atoms with Crippen LogP contribution in [0.25, 0.3) is 17.2 Å². The minimum atomic E-state index is -4.85. The van der Waals surface area contributed by atoms with E-state index in [1.54, 1.807) is 22.9 Å². The Kier molecular flexibility index (Phi) is 5.68. The first-order chi connectivity index (χ1) is 17.0. The third-order valence-electron chi connectivity index (χ3n) is 5.90. The Morgan fingerprint density at radius 3 is 2.58 bits per heavy atom. The molecule has 1 aliphatic heterocycles. The van der Waals surface area contributed by atoms with Crippen molar-refractivity contribution < 1.29 is 31.1 Å². The van der Waals surface area contributed by atoms with Gasteiger partial charge in [-0.25, -0.2) is 15.0 Å². The highest BCUT2D eigenvalue weighted by Gasteiger charge is 2.42. The summed E-state index contributed by atoms with van der Waals surface area (Å²) >= 11 is 0. The zero-order valence-corrected chi connectivity index (χ0v) is 18.3. The van der Waals surface area contributed by atoms with Gasteiger partial charge in [0.1, 0.15) is 17.2 Å². The molecule has 1 aliphatic rings. The smallest absolute Gasteiger partial charge is 0.347 e. The fraction of sp³-hybridized carbons (Fsp3) is 0.318. The Morgan fingerprint density at radius 2 is 1.89 bits per heavy atom. The highest BCUT2D eigenvalue weighted by molar-refractivity contribution is 5.94. The first-order valence-corrected chi connectivity index (χ1v) is 10.8. The Balaban J connectivity index is 1.30. The monoisotopic (exact) mass is 509 g/mol. The van der Waals surface area contributed by atoms with Crippen LogP contribution in [-0.4, -0.2) is 41.0 Å². The van der Waals surface area contributed by atoms with E-state index in [0.717, 1.165) is 4.40 Å². The zero-order valence-electron chi connectivity index (χ0n) is 18.3. The Bertz CT molecular complexity index is 1420. The second-order valence-corrected chi connectivity index (χ2v) is 8.30. The van der Waals surface area contributed by atoms with Gasteiger partial charge in [-0.3, -0.25) is 14.2 Å². The van der Waals surface area contributed by atoms with Crippen LogP contribution in [-0.2, 0) is 25.7 Å². The van der Waals surface area contributed by atoms with Crippen LogP contribution in [0.1, 0.15) is 34.0 Å². The highest BCUT2D eigenvalue weighted by Crippen LogP contribution is 2.35. The molecule has 8 nitrogen and oxygen atoms in total. The minimum absolute atomic E-state index is 0.0169. The Morgan fingerprint density at radius 1 is 1.08 bits per heavy atom. The normalized spacial score (nSPS) is 16.2. The molecule has 0 saturated carbocycles. The predicted molar refractivity (Wildman–Crippen MR) is 112 cm³/mol. The van der Waals surface area contributed by atoms with Gasteiger partial charge in [0.2, 0.25) is 5.78 Å². The molecule has 36 heavy (non-hydrogen) atoms. The minimum Gasteiger partial charge on any atom is -0.347 e. The predicted octanol–water partition coefficient (Wildman–Crippen LogP) is 4.06. The molecule has 0 radical (unpaired) electrons. The zero-order chi connectivity index (χ0) is 25.7. The van der Waals surface area contributed by atoms with Crippen LogP contribution in [0.3, 0.4) is 0 Å². The number of aromatic nitrogens is 6. The summed E-state index contributed by atoms with van der Waals surface area (Å²) in [7, 11) is 0. The number of nitrogens with one attached hydrogen (secondary N) is 1. The van der Waals surface area contributed by atoms with Crippen LogP contribution in [0.2, 0.25) is 0 Å². The van der Waals surface area contributed by atoms with E-state index in [1.807, 2.05) is 0 Å². The van der Waals surface area contributed by atoms with E-state index < -0.39 is 35.6 Å². The maximum atomic E-state index is 13.4. The van der Waals surface area contributed by atoms with Crippen molar-refractivity contribution in [2.75, 3.05) is 0 Å². The van der Waals surface area contributed by atoms with Crippen LogP contribution < -0.4 is 5.32 Å². The maximum absolute atomic E-state index is 13.4. The van der Waals surface area contributed by atoms with E-state index in [-0.39, 0.29) is 31.7 Å². The molecular weight excluding hydrogens is 492 g/mol. The number of alkyl halides is 6. The van der Waals surface area contributed by atoms with Crippen molar-refractivity contribution in [2.45, 2.75) is 38.3 Å². The van der Waals surface area contributed by atoms with E-state index in [4.69, 9.17) is 0 Å². The first kappa shape index (κ1) is 23.8. The third-order valence-corrected chi connectivity index (χ3v) is 5.90. The van der Waals surface area contributed by atoms with Gasteiger partial charge < -0.3 is 9.88 Å². The van der Waals surface area contributed by atoms with Crippen molar-refractivity contribution in [2.24, 2.45) is 5.92 Å². The lowest BCUT2D eigenvalue weighted by Gasteiger charge is -2.25. The fourth-order valence-corrected chi connectivity index (χ4v) is 4.08. The second-order valence-electron chi connectivity index (χ2n) is 8.30. The molecule has 4 aromatic rings. The summed E-state index contributed by atoms with van der Waals surface area (Å²) in [5, 5.41) is 2.43. The van der Waals surface area contributed by atoms with Crippen LogP contribution in [0.15, 0.2) is 43.0 Å². The number of fused-ring (bicyclic) bond motifs is 2. The van der Waals surface area contributed by atoms with Crippen molar-refractivity contribution in [3.63, 3.8) is 0 Å². The van der Waals surface area contributed by atoms with E-state index in [0.29, 0.717) is 22.8 Å². The number of hydrogen-bond acceptors (Lipinski definition) is 5. The lowest BCUT2D eigenvalue weighted by Crippen LogP contribution is -2.31. The first-order valence-electron chi connectivity index (χ1n) is 10.8. The van der Waals surface area contributed by atoms with E-state index in [2.05, 4.69) is 25.3 Å². The number of amides is 1. The molecule has 1 N–H and O–H groups in total. The molecule has 188 valence electrons. The maximum Gasteiger partial charge on any atom is 0.435 e. The summed E-state index contributed by atoms with van der Waals surface area (Å²) < 4.78 is 82.0. The number of hydrogen-bond donors (Lipinski definition) is 1. The number of nitrogens with zero attached hydrogens (tertiary/aromatic N) is 6. The van der Waals surface area contributed by atoms with Crippen LogP contribution in [0, 0.1) is 5.92 Å². The Hall–Kier alpha value is -3.97. The molecule has 0 aliphatic carbocycles. The number of halogens is 6. The summed E-state index contributed by atoms with van der Waals surface area (Å²) in [5.41, 5.74) is -0.701. The van der Waals surface area contributed by atoms with Gasteiger partial charge in [0.25, 0.3) is 5.91 Å². The number of imidazole rings is 2. The number of carbonyl (C=O) groups excluding carboxylic acids is 1. The molecule has 1 amide bonds. The molecule has 4 aromatic heterocycles. The van der Waals surface area contributed by atoms with E-state index >= 15 is 0 Å². The standard InChI is InChI=1S/C22H17F6N7O/c23-21(24,25)13-4-7-34-11-15(32-16(34)8-13)14-3-2-12(9-30-14)10-31-19(36)17-18(22(26,27)28)33-20-29-5-1-6-35(17)20/h1-3,5-6,9,11,13H,4,7-8,10H2,(H,31,36). The topological polar surface area (TPSA) is 90.0 Å². The largest absolute Gasteiger partial charge is 0.435 e. The number of pyridine rings is 1. The number of aryl methyl sites for hydroxylation is 1. The van der Waals surface area contributed by atoms with Gasteiger partial charge in [0.05, 0.1) is 11.6 Å².